The van der Waals surface area contributed by atoms with Gasteiger partial charge < -0.3 is 15.2 Å². The van der Waals surface area contributed by atoms with E-state index in [0.29, 0.717) is 13.2 Å². The minimum atomic E-state index is -0.0401. The molecule has 0 saturated carbocycles. The van der Waals surface area contributed by atoms with Crippen LogP contribution >= 0.6 is 11.6 Å². The fraction of sp³-hybridized carbons (Fsp3) is 0.600. The minimum Gasteiger partial charge on any atom is -0.486 e. The van der Waals surface area contributed by atoms with E-state index in [1.54, 1.807) is 0 Å². The highest BCUT2D eigenvalue weighted by Gasteiger charge is 2.33. The van der Waals surface area contributed by atoms with Crippen LogP contribution in [0.4, 0.5) is 0 Å². The molecule has 0 fully saturated rings. The zero-order valence-corrected chi connectivity index (χ0v) is 12.2. The maximum atomic E-state index is 6.42. The monoisotopic (exact) mass is 281 g/mol. The second kappa shape index (κ2) is 4.57. The van der Waals surface area contributed by atoms with Gasteiger partial charge >= 0.3 is 0 Å². The van der Waals surface area contributed by atoms with E-state index in [4.69, 9.17) is 26.8 Å². The Labute approximate surface area is 119 Å². The van der Waals surface area contributed by atoms with E-state index < -0.39 is 0 Å². The molecule has 4 heteroatoms. The van der Waals surface area contributed by atoms with E-state index in [1.165, 1.54) is 0 Å². The molecule has 0 radical (unpaired) electrons. The summed E-state index contributed by atoms with van der Waals surface area (Å²) in [6, 6.07) is 1.83. The van der Waals surface area contributed by atoms with Crippen LogP contribution in [0, 0.1) is 5.41 Å². The van der Waals surface area contributed by atoms with E-state index in [9.17, 15) is 0 Å². The zero-order chi connectivity index (χ0) is 13.6. The largest absolute Gasteiger partial charge is 0.486 e. The second-order valence-corrected chi connectivity index (χ2v) is 6.66. The molecule has 0 aromatic heterocycles. The molecule has 1 aliphatic heterocycles. The van der Waals surface area contributed by atoms with Gasteiger partial charge in [-0.25, -0.2) is 0 Å². The molecule has 1 unspecified atom stereocenters. The number of benzene rings is 1. The Morgan fingerprint density at radius 2 is 2.05 bits per heavy atom. The third kappa shape index (κ3) is 2.30. The van der Waals surface area contributed by atoms with Crippen molar-refractivity contribution in [1.82, 2.24) is 0 Å². The first-order chi connectivity index (χ1) is 8.98. The normalized spacial score (nSPS) is 24.5. The van der Waals surface area contributed by atoms with Crippen LogP contribution in [-0.2, 0) is 6.42 Å². The first-order valence-electron chi connectivity index (χ1n) is 6.84. The molecule has 1 aromatic carbocycles. The molecule has 19 heavy (non-hydrogen) atoms. The fourth-order valence-corrected chi connectivity index (χ4v) is 3.42. The maximum Gasteiger partial charge on any atom is 0.166 e. The molecule has 2 N–H and O–H groups in total. The highest BCUT2D eigenvalue weighted by Crippen LogP contribution is 2.48. The number of ether oxygens (including phenoxy) is 2. The van der Waals surface area contributed by atoms with Gasteiger partial charge in [0.15, 0.2) is 11.5 Å². The number of nitrogens with two attached hydrogens (primary N) is 1. The van der Waals surface area contributed by atoms with E-state index >= 15 is 0 Å². The summed E-state index contributed by atoms with van der Waals surface area (Å²) in [7, 11) is 0. The fourth-order valence-electron chi connectivity index (χ4n) is 3.13. The lowest BCUT2D eigenvalue weighted by Gasteiger charge is -2.27. The molecular formula is C15H20ClNO2. The van der Waals surface area contributed by atoms with Crippen LogP contribution < -0.4 is 15.2 Å². The highest BCUT2D eigenvalue weighted by molar-refractivity contribution is 6.31. The third-order valence-corrected chi connectivity index (χ3v) is 4.46. The van der Waals surface area contributed by atoms with Gasteiger partial charge in [0.25, 0.3) is 0 Å². The molecule has 1 aliphatic carbocycles. The minimum absolute atomic E-state index is 0.0401. The van der Waals surface area contributed by atoms with Crippen LogP contribution in [0.1, 0.15) is 43.9 Å². The van der Waals surface area contributed by atoms with Crippen molar-refractivity contribution in [3.8, 4) is 11.5 Å². The topological polar surface area (TPSA) is 44.5 Å². The quantitative estimate of drug-likeness (QED) is 0.741. The van der Waals surface area contributed by atoms with Crippen molar-refractivity contribution in [2.24, 2.45) is 11.1 Å². The van der Waals surface area contributed by atoms with Crippen LogP contribution in [-0.4, -0.2) is 13.2 Å². The smallest absolute Gasteiger partial charge is 0.166 e. The summed E-state index contributed by atoms with van der Waals surface area (Å²) in [5, 5.41) is 0.757. The van der Waals surface area contributed by atoms with Gasteiger partial charge in [-0.05, 0) is 30.2 Å². The maximum absolute atomic E-state index is 6.42. The molecule has 2 aliphatic rings. The summed E-state index contributed by atoms with van der Waals surface area (Å²) in [5.74, 6) is 1.56. The molecule has 3 rings (SSSR count). The highest BCUT2D eigenvalue weighted by atomic mass is 35.5. The summed E-state index contributed by atoms with van der Waals surface area (Å²) >= 11 is 6.42. The molecular weight excluding hydrogens is 262 g/mol. The van der Waals surface area contributed by atoms with Crippen LogP contribution in [0.2, 0.25) is 5.02 Å². The predicted octanol–water partition coefficient (Wildman–Crippen LogP) is 3.47. The lowest BCUT2D eigenvalue weighted by atomic mass is 9.83. The lowest BCUT2D eigenvalue weighted by Crippen LogP contribution is -2.22. The standard InChI is InChI=1S/C15H20ClNO2/c1-15(2)4-3-9-10(16)7-12-14(19-6-5-18-12)13(9)11(17)8-15/h7,11H,3-6,8,17H2,1-2H3. The zero-order valence-electron chi connectivity index (χ0n) is 11.5. The van der Waals surface area contributed by atoms with E-state index in [1.807, 2.05) is 6.07 Å². The van der Waals surface area contributed by atoms with Gasteiger partial charge in [0.2, 0.25) is 0 Å². The van der Waals surface area contributed by atoms with Crippen LogP contribution in [0.25, 0.3) is 0 Å². The van der Waals surface area contributed by atoms with Gasteiger partial charge in [0, 0.05) is 22.7 Å². The molecule has 3 nitrogen and oxygen atoms in total. The van der Waals surface area contributed by atoms with Gasteiger partial charge in [-0.2, -0.15) is 0 Å². The van der Waals surface area contributed by atoms with Crippen molar-refractivity contribution in [3.05, 3.63) is 22.2 Å². The van der Waals surface area contributed by atoms with Crippen LogP contribution in [0.15, 0.2) is 6.07 Å². The Morgan fingerprint density at radius 3 is 2.84 bits per heavy atom. The Balaban J connectivity index is 2.15. The molecule has 1 atom stereocenters. The Kier molecular flexibility index (Phi) is 3.14. The second-order valence-electron chi connectivity index (χ2n) is 6.25. The van der Waals surface area contributed by atoms with E-state index in [2.05, 4.69) is 13.8 Å². The number of hydrogen-bond donors (Lipinski definition) is 1. The number of halogens is 1. The molecule has 1 heterocycles. The number of hydrogen-bond acceptors (Lipinski definition) is 3. The summed E-state index contributed by atoms with van der Waals surface area (Å²) in [6.07, 6.45) is 2.98. The summed E-state index contributed by atoms with van der Waals surface area (Å²) in [5.41, 5.74) is 8.85. The van der Waals surface area contributed by atoms with Gasteiger partial charge in [-0.15, -0.1) is 0 Å². The summed E-state index contributed by atoms with van der Waals surface area (Å²) in [4.78, 5) is 0. The van der Waals surface area contributed by atoms with Crippen LogP contribution in [0.5, 0.6) is 11.5 Å². The lowest BCUT2D eigenvalue weighted by molar-refractivity contribution is 0.168. The molecule has 0 bridgehead atoms. The van der Waals surface area contributed by atoms with Crippen molar-refractivity contribution < 1.29 is 9.47 Å². The number of fused-ring (bicyclic) bond motifs is 3. The molecule has 0 amide bonds. The van der Waals surface area contributed by atoms with Gasteiger partial charge in [0.05, 0.1) is 0 Å². The van der Waals surface area contributed by atoms with Gasteiger partial charge in [-0.1, -0.05) is 25.4 Å². The first kappa shape index (κ1) is 13.1. The van der Waals surface area contributed by atoms with Crippen molar-refractivity contribution in [3.63, 3.8) is 0 Å². The van der Waals surface area contributed by atoms with Crippen molar-refractivity contribution in [2.75, 3.05) is 13.2 Å². The average molecular weight is 282 g/mol. The van der Waals surface area contributed by atoms with Crippen molar-refractivity contribution >= 4 is 11.6 Å². The van der Waals surface area contributed by atoms with Gasteiger partial charge in [0.1, 0.15) is 13.2 Å². The Bertz CT molecular complexity index is 513. The van der Waals surface area contributed by atoms with Gasteiger partial charge in [-0.3, -0.25) is 0 Å². The Hall–Kier alpha value is -0.930. The average Bonchev–Trinajstić information content (AvgIpc) is 2.46. The Morgan fingerprint density at radius 1 is 1.32 bits per heavy atom. The van der Waals surface area contributed by atoms with Crippen molar-refractivity contribution in [2.45, 2.75) is 39.2 Å². The van der Waals surface area contributed by atoms with Crippen molar-refractivity contribution in [1.29, 1.82) is 0 Å². The number of rotatable bonds is 0. The summed E-state index contributed by atoms with van der Waals surface area (Å²) in [6.45, 7) is 5.67. The first-order valence-corrected chi connectivity index (χ1v) is 7.22. The molecule has 1 aromatic rings. The SMILES string of the molecule is CC1(C)CCc2c(Cl)cc3c(c2C(N)C1)OCCO3. The molecule has 0 saturated heterocycles. The van der Waals surface area contributed by atoms with E-state index in [0.717, 1.165) is 46.9 Å². The molecule has 104 valence electrons. The molecule has 0 spiro atoms. The van der Waals surface area contributed by atoms with E-state index in [-0.39, 0.29) is 11.5 Å². The van der Waals surface area contributed by atoms with Crippen LogP contribution in [0.3, 0.4) is 0 Å². The predicted molar refractivity (Wildman–Crippen MR) is 76.1 cm³/mol. The third-order valence-electron chi connectivity index (χ3n) is 4.12. The summed E-state index contributed by atoms with van der Waals surface area (Å²) < 4.78 is 11.5.